The third-order valence-corrected chi connectivity index (χ3v) is 3.39. The Labute approximate surface area is 147 Å². The Kier molecular flexibility index (Phi) is 9.77. The molecule has 1 aliphatic rings. The summed E-state index contributed by atoms with van der Waals surface area (Å²) in [5.74, 6) is -0.183. The summed E-state index contributed by atoms with van der Waals surface area (Å²) in [4.78, 5) is 19.1. The summed E-state index contributed by atoms with van der Waals surface area (Å²) < 4.78 is 11.4. The van der Waals surface area contributed by atoms with Crippen molar-refractivity contribution in [1.29, 1.82) is 0 Å². The molecule has 25 heavy (non-hydrogen) atoms. The van der Waals surface area contributed by atoms with Gasteiger partial charge in [0.05, 0.1) is 13.2 Å². The highest BCUT2D eigenvalue weighted by atomic mass is 16.5. The molecule has 0 radical (unpaired) electrons. The Balaban J connectivity index is 0.000000333. The number of carbonyl (C=O) groups is 2. The lowest BCUT2D eigenvalue weighted by Gasteiger charge is -2.23. The number of benzene rings is 1. The molecular weight excluding hydrogens is 326 g/mol. The number of aliphatic carboxylic acids is 2. The van der Waals surface area contributed by atoms with Gasteiger partial charge >= 0.3 is 11.9 Å². The molecule has 7 nitrogen and oxygen atoms in total. The molecule has 0 amide bonds. The lowest BCUT2D eigenvalue weighted by Crippen LogP contribution is -2.33. The monoisotopic (exact) mass is 351 g/mol. The Bertz CT molecular complexity index is 550. The van der Waals surface area contributed by atoms with Crippen LogP contribution >= 0.6 is 0 Å². The first-order valence-electron chi connectivity index (χ1n) is 8.22. The van der Waals surface area contributed by atoms with Gasteiger partial charge in [-0.05, 0) is 38.4 Å². The van der Waals surface area contributed by atoms with Crippen molar-refractivity contribution in [2.45, 2.75) is 19.8 Å². The molecule has 0 unspecified atom stereocenters. The van der Waals surface area contributed by atoms with Crippen molar-refractivity contribution in [2.75, 3.05) is 26.3 Å². The Hall–Kier alpha value is -2.54. The highest BCUT2D eigenvalue weighted by Gasteiger charge is 2.14. The van der Waals surface area contributed by atoms with Crippen molar-refractivity contribution in [3.05, 3.63) is 36.4 Å². The lowest BCUT2D eigenvalue weighted by molar-refractivity contribution is -0.134. The maximum atomic E-state index is 9.55. The minimum atomic E-state index is -1.26. The van der Waals surface area contributed by atoms with Crippen LogP contribution in [0.5, 0.6) is 11.5 Å². The third-order valence-electron chi connectivity index (χ3n) is 3.39. The number of hydrogen-bond acceptors (Lipinski definition) is 5. The van der Waals surface area contributed by atoms with Gasteiger partial charge in [-0.25, -0.2) is 9.59 Å². The first-order valence-corrected chi connectivity index (χ1v) is 8.22. The second-order valence-electron chi connectivity index (χ2n) is 5.41. The van der Waals surface area contributed by atoms with Crippen LogP contribution < -0.4 is 14.8 Å². The lowest BCUT2D eigenvalue weighted by atomic mass is 10.0. The molecule has 2 rings (SSSR count). The van der Waals surface area contributed by atoms with E-state index in [-0.39, 0.29) is 0 Å². The average molecular weight is 351 g/mol. The van der Waals surface area contributed by atoms with Crippen LogP contribution in [0.2, 0.25) is 0 Å². The third kappa shape index (κ3) is 9.36. The van der Waals surface area contributed by atoms with Gasteiger partial charge in [-0.15, -0.1) is 0 Å². The molecule has 1 aliphatic heterocycles. The van der Waals surface area contributed by atoms with E-state index in [0.717, 1.165) is 31.2 Å². The summed E-state index contributed by atoms with van der Waals surface area (Å²) in [6, 6.07) is 7.89. The van der Waals surface area contributed by atoms with Crippen molar-refractivity contribution in [2.24, 2.45) is 5.92 Å². The van der Waals surface area contributed by atoms with E-state index in [9.17, 15) is 9.59 Å². The van der Waals surface area contributed by atoms with E-state index >= 15 is 0 Å². The quantitative estimate of drug-likeness (QED) is 0.647. The molecule has 1 aromatic rings. The van der Waals surface area contributed by atoms with Gasteiger partial charge in [-0.2, -0.15) is 0 Å². The van der Waals surface area contributed by atoms with Gasteiger partial charge in [-0.1, -0.05) is 12.1 Å². The van der Waals surface area contributed by atoms with Crippen molar-refractivity contribution < 1.29 is 29.3 Å². The van der Waals surface area contributed by atoms with Crippen molar-refractivity contribution in [1.82, 2.24) is 5.32 Å². The van der Waals surface area contributed by atoms with E-state index in [0.29, 0.717) is 24.7 Å². The normalized spacial score (nSPS) is 16.6. The SMILES string of the molecule is CCOc1ccccc1OC[C@H]1CCCNC1.O=C(O)/C=C/C(=O)O. The summed E-state index contributed by atoms with van der Waals surface area (Å²) in [7, 11) is 0. The minimum Gasteiger partial charge on any atom is -0.490 e. The van der Waals surface area contributed by atoms with Gasteiger partial charge in [0.1, 0.15) is 0 Å². The maximum absolute atomic E-state index is 9.55. The molecule has 0 aromatic heterocycles. The van der Waals surface area contributed by atoms with Crippen LogP contribution in [0.25, 0.3) is 0 Å². The number of carboxylic acid groups (broad SMARTS) is 2. The van der Waals surface area contributed by atoms with E-state index in [1.165, 1.54) is 12.8 Å². The van der Waals surface area contributed by atoms with E-state index in [2.05, 4.69) is 5.32 Å². The van der Waals surface area contributed by atoms with Crippen LogP contribution in [0.3, 0.4) is 0 Å². The molecule has 7 heteroatoms. The highest BCUT2D eigenvalue weighted by molar-refractivity contribution is 5.89. The number of rotatable bonds is 7. The first-order chi connectivity index (χ1) is 12.0. The van der Waals surface area contributed by atoms with Gasteiger partial charge < -0.3 is 25.0 Å². The summed E-state index contributed by atoms with van der Waals surface area (Å²) in [5, 5.41) is 19.0. The number of nitrogens with one attached hydrogen (secondary N) is 1. The fourth-order valence-electron chi connectivity index (χ4n) is 2.26. The number of carboxylic acids is 2. The molecule has 1 fully saturated rings. The zero-order valence-corrected chi connectivity index (χ0v) is 14.3. The molecule has 0 spiro atoms. The van der Waals surface area contributed by atoms with E-state index < -0.39 is 11.9 Å². The molecule has 1 aromatic carbocycles. The minimum absolute atomic E-state index is 0.558. The summed E-state index contributed by atoms with van der Waals surface area (Å²) >= 11 is 0. The van der Waals surface area contributed by atoms with Crippen LogP contribution in [-0.2, 0) is 9.59 Å². The predicted molar refractivity (Wildman–Crippen MR) is 93.1 cm³/mol. The zero-order chi connectivity index (χ0) is 18.5. The molecule has 0 saturated carbocycles. The average Bonchev–Trinajstić information content (AvgIpc) is 2.61. The Morgan fingerprint density at radius 3 is 2.24 bits per heavy atom. The topological polar surface area (TPSA) is 105 Å². The second-order valence-corrected chi connectivity index (χ2v) is 5.41. The Morgan fingerprint density at radius 2 is 1.76 bits per heavy atom. The van der Waals surface area contributed by atoms with Crippen LogP contribution in [0, 0.1) is 5.92 Å². The molecule has 3 N–H and O–H groups in total. The van der Waals surface area contributed by atoms with Gasteiger partial charge in [-0.3, -0.25) is 0 Å². The number of para-hydroxylation sites is 2. The molecule has 1 heterocycles. The molecule has 1 atom stereocenters. The van der Waals surface area contributed by atoms with Crippen molar-refractivity contribution >= 4 is 11.9 Å². The van der Waals surface area contributed by atoms with Crippen LogP contribution in [0.15, 0.2) is 36.4 Å². The van der Waals surface area contributed by atoms with Crippen LogP contribution in [-0.4, -0.2) is 48.5 Å². The molecule has 1 saturated heterocycles. The number of ether oxygens (including phenoxy) is 2. The summed E-state index contributed by atoms with van der Waals surface area (Å²) in [5.41, 5.74) is 0. The van der Waals surface area contributed by atoms with Gasteiger partial charge in [0.25, 0.3) is 0 Å². The Morgan fingerprint density at radius 1 is 1.16 bits per heavy atom. The summed E-state index contributed by atoms with van der Waals surface area (Å²) in [6.45, 7) is 5.65. The van der Waals surface area contributed by atoms with Crippen molar-refractivity contribution in [3.63, 3.8) is 0 Å². The van der Waals surface area contributed by atoms with Crippen LogP contribution in [0.4, 0.5) is 0 Å². The second kappa shape index (κ2) is 11.9. The van der Waals surface area contributed by atoms with Gasteiger partial charge in [0.15, 0.2) is 11.5 Å². The van der Waals surface area contributed by atoms with E-state index in [1.54, 1.807) is 0 Å². The molecule has 138 valence electrons. The largest absolute Gasteiger partial charge is 0.490 e. The standard InChI is InChI=1S/C14H21NO2.C4H4O4/c1-2-16-13-7-3-4-8-14(13)17-11-12-6-5-9-15-10-12;5-3(6)1-2-4(7)8/h3-4,7-8,12,15H,2,5-6,9-11H2,1H3;1-2H,(H,5,6)(H,7,8)/b;2-1+/t12-;/m0./s1. The van der Waals surface area contributed by atoms with E-state index in [1.807, 2.05) is 31.2 Å². The maximum Gasteiger partial charge on any atom is 0.328 e. The smallest absolute Gasteiger partial charge is 0.328 e. The van der Waals surface area contributed by atoms with Gasteiger partial charge in [0.2, 0.25) is 0 Å². The highest BCUT2D eigenvalue weighted by Crippen LogP contribution is 2.27. The summed E-state index contributed by atoms with van der Waals surface area (Å²) in [6.07, 6.45) is 3.62. The first kappa shape index (κ1) is 20.5. The molecule has 0 aliphatic carbocycles. The van der Waals surface area contributed by atoms with Gasteiger partial charge in [0, 0.05) is 24.6 Å². The van der Waals surface area contributed by atoms with E-state index in [4.69, 9.17) is 19.7 Å². The van der Waals surface area contributed by atoms with Crippen molar-refractivity contribution in [3.8, 4) is 11.5 Å². The molecular formula is C18H25NO6. The molecule has 0 bridgehead atoms. The number of hydrogen-bond donors (Lipinski definition) is 3. The van der Waals surface area contributed by atoms with Crippen LogP contribution in [0.1, 0.15) is 19.8 Å². The fraction of sp³-hybridized carbons (Fsp3) is 0.444. The predicted octanol–water partition coefficient (Wildman–Crippen LogP) is 2.18. The number of piperidine rings is 1. The zero-order valence-electron chi connectivity index (χ0n) is 14.3. The fourth-order valence-corrected chi connectivity index (χ4v) is 2.26.